The topological polar surface area (TPSA) is 78.0 Å². The summed E-state index contributed by atoms with van der Waals surface area (Å²) in [5.74, 6) is 1.08. The summed E-state index contributed by atoms with van der Waals surface area (Å²) in [6.45, 7) is 6.78. The van der Waals surface area contributed by atoms with Crippen molar-refractivity contribution in [3.05, 3.63) is 18.5 Å². The van der Waals surface area contributed by atoms with Gasteiger partial charge in [-0.3, -0.25) is 4.68 Å². The Kier molecular flexibility index (Phi) is 4.26. The second-order valence-electron chi connectivity index (χ2n) is 4.67. The summed E-state index contributed by atoms with van der Waals surface area (Å²) < 4.78 is 11.7. The standard InChI is InChI=1S/C12H19N5OS/c1-8(2)18-10-11(13)16-19-12(10)15-9(3)7-17-6-4-5-14-17/h4-6,8-9,15H,7H2,1-3H3,(H2,13,16). The van der Waals surface area contributed by atoms with Crippen molar-refractivity contribution >= 4 is 22.4 Å². The molecule has 2 heterocycles. The minimum absolute atomic E-state index is 0.0701. The lowest BCUT2D eigenvalue weighted by Crippen LogP contribution is -2.22. The second kappa shape index (κ2) is 5.92. The molecule has 0 bridgehead atoms. The number of rotatable bonds is 6. The number of aromatic nitrogens is 3. The lowest BCUT2D eigenvalue weighted by molar-refractivity contribution is 0.245. The van der Waals surface area contributed by atoms with Crippen LogP contribution in [-0.4, -0.2) is 26.3 Å². The molecule has 19 heavy (non-hydrogen) atoms. The maximum Gasteiger partial charge on any atom is 0.197 e. The fraction of sp³-hybridized carbons (Fsp3) is 0.500. The Balaban J connectivity index is 2.02. The molecule has 0 aromatic carbocycles. The molecule has 0 saturated heterocycles. The molecule has 1 atom stereocenters. The molecule has 0 aliphatic rings. The van der Waals surface area contributed by atoms with Gasteiger partial charge < -0.3 is 15.8 Å². The van der Waals surface area contributed by atoms with Gasteiger partial charge in [-0.2, -0.15) is 9.47 Å². The molecule has 3 N–H and O–H groups in total. The second-order valence-corrected chi connectivity index (χ2v) is 5.44. The van der Waals surface area contributed by atoms with E-state index in [9.17, 15) is 0 Å². The Hall–Kier alpha value is -1.76. The van der Waals surface area contributed by atoms with Gasteiger partial charge in [0.2, 0.25) is 0 Å². The zero-order valence-corrected chi connectivity index (χ0v) is 12.1. The molecule has 0 spiro atoms. The van der Waals surface area contributed by atoms with Crippen LogP contribution in [0.4, 0.5) is 10.8 Å². The lowest BCUT2D eigenvalue weighted by atomic mass is 10.3. The Morgan fingerprint density at radius 1 is 1.47 bits per heavy atom. The molecule has 2 rings (SSSR count). The van der Waals surface area contributed by atoms with Crippen LogP contribution in [0, 0.1) is 0 Å². The molecule has 104 valence electrons. The molecule has 0 aliphatic carbocycles. The SMILES string of the molecule is CC(Cn1cccn1)Nc1snc(N)c1OC(C)C. The van der Waals surface area contributed by atoms with Crippen LogP contribution in [-0.2, 0) is 6.54 Å². The van der Waals surface area contributed by atoms with E-state index in [-0.39, 0.29) is 12.1 Å². The first kappa shape index (κ1) is 13.7. The smallest absolute Gasteiger partial charge is 0.197 e. The van der Waals surface area contributed by atoms with Crippen LogP contribution in [0.2, 0.25) is 0 Å². The van der Waals surface area contributed by atoms with Crippen molar-refractivity contribution in [2.75, 3.05) is 11.1 Å². The van der Waals surface area contributed by atoms with E-state index in [1.54, 1.807) is 6.20 Å². The number of nitrogen functional groups attached to an aromatic ring is 1. The van der Waals surface area contributed by atoms with E-state index in [0.29, 0.717) is 11.6 Å². The van der Waals surface area contributed by atoms with Crippen LogP contribution in [0.3, 0.4) is 0 Å². The van der Waals surface area contributed by atoms with E-state index in [1.165, 1.54) is 11.5 Å². The van der Waals surface area contributed by atoms with Crippen LogP contribution in [0.15, 0.2) is 18.5 Å². The third kappa shape index (κ3) is 3.60. The zero-order chi connectivity index (χ0) is 13.8. The van der Waals surface area contributed by atoms with Gasteiger partial charge in [0.05, 0.1) is 12.6 Å². The van der Waals surface area contributed by atoms with Crippen molar-refractivity contribution in [3.8, 4) is 5.75 Å². The highest BCUT2D eigenvalue weighted by molar-refractivity contribution is 7.11. The normalized spacial score (nSPS) is 12.6. The van der Waals surface area contributed by atoms with Gasteiger partial charge in [-0.25, -0.2) is 0 Å². The summed E-state index contributed by atoms with van der Waals surface area (Å²) in [7, 11) is 0. The third-order valence-electron chi connectivity index (χ3n) is 2.43. The number of anilines is 2. The van der Waals surface area contributed by atoms with Gasteiger partial charge in [-0.1, -0.05) is 0 Å². The van der Waals surface area contributed by atoms with Crippen molar-refractivity contribution in [1.29, 1.82) is 0 Å². The van der Waals surface area contributed by atoms with Crippen molar-refractivity contribution in [2.24, 2.45) is 0 Å². The maximum atomic E-state index is 5.82. The van der Waals surface area contributed by atoms with Gasteiger partial charge in [0, 0.05) is 18.4 Å². The minimum atomic E-state index is 0.0701. The van der Waals surface area contributed by atoms with Crippen molar-refractivity contribution in [1.82, 2.24) is 14.2 Å². The molecule has 2 aromatic heterocycles. The average Bonchev–Trinajstić information content (AvgIpc) is 2.93. The molecule has 0 amide bonds. The summed E-state index contributed by atoms with van der Waals surface area (Å²) in [6, 6.07) is 2.11. The van der Waals surface area contributed by atoms with Crippen molar-refractivity contribution in [2.45, 2.75) is 39.5 Å². The molecular weight excluding hydrogens is 262 g/mol. The largest absolute Gasteiger partial charge is 0.484 e. The Morgan fingerprint density at radius 2 is 2.26 bits per heavy atom. The van der Waals surface area contributed by atoms with Gasteiger partial charge in [-0.05, 0) is 38.4 Å². The maximum absolute atomic E-state index is 5.82. The predicted molar refractivity (Wildman–Crippen MR) is 77.6 cm³/mol. The molecule has 0 aliphatic heterocycles. The number of hydrogen-bond donors (Lipinski definition) is 2. The molecule has 0 fully saturated rings. The quantitative estimate of drug-likeness (QED) is 0.848. The predicted octanol–water partition coefficient (Wildman–Crippen LogP) is 2.21. The summed E-state index contributed by atoms with van der Waals surface area (Å²) in [6.07, 6.45) is 3.77. The average molecular weight is 281 g/mol. The molecular formula is C12H19N5OS. The van der Waals surface area contributed by atoms with Crippen LogP contribution >= 0.6 is 11.5 Å². The van der Waals surface area contributed by atoms with E-state index < -0.39 is 0 Å². The Morgan fingerprint density at radius 3 is 2.89 bits per heavy atom. The highest BCUT2D eigenvalue weighted by atomic mass is 32.1. The first-order chi connectivity index (χ1) is 9.06. The molecule has 1 unspecified atom stereocenters. The monoisotopic (exact) mass is 281 g/mol. The molecule has 0 saturated carbocycles. The molecule has 2 aromatic rings. The lowest BCUT2D eigenvalue weighted by Gasteiger charge is -2.16. The van der Waals surface area contributed by atoms with Crippen LogP contribution in [0.25, 0.3) is 0 Å². The van der Waals surface area contributed by atoms with E-state index in [2.05, 4.69) is 21.7 Å². The summed E-state index contributed by atoms with van der Waals surface area (Å²) in [5.41, 5.74) is 5.82. The van der Waals surface area contributed by atoms with E-state index in [4.69, 9.17) is 10.5 Å². The van der Waals surface area contributed by atoms with Crippen molar-refractivity contribution in [3.63, 3.8) is 0 Å². The Labute approximate surface area is 116 Å². The number of hydrogen-bond acceptors (Lipinski definition) is 6. The highest BCUT2D eigenvalue weighted by Gasteiger charge is 2.16. The van der Waals surface area contributed by atoms with E-state index in [0.717, 1.165) is 11.5 Å². The number of ether oxygens (including phenoxy) is 1. The summed E-state index contributed by atoms with van der Waals surface area (Å²) >= 11 is 1.32. The van der Waals surface area contributed by atoms with Gasteiger partial charge in [-0.15, -0.1) is 0 Å². The summed E-state index contributed by atoms with van der Waals surface area (Å²) in [4.78, 5) is 0. The molecule has 6 nitrogen and oxygen atoms in total. The number of nitrogens with zero attached hydrogens (tertiary/aromatic N) is 3. The van der Waals surface area contributed by atoms with E-state index in [1.807, 2.05) is 30.8 Å². The van der Waals surface area contributed by atoms with Crippen LogP contribution in [0.1, 0.15) is 20.8 Å². The first-order valence-electron chi connectivity index (χ1n) is 6.22. The molecule has 0 radical (unpaired) electrons. The van der Waals surface area contributed by atoms with Crippen LogP contribution in [0.5, 0.6) is 5.75 Å². The van der Waals surface area contributed by atoms with Gasteiger partial charge in [0.15, 0.2) is 16.6 Å². The number of nitrogens with one attached hydrogen (secondary N) is 1. The highest BCUT2D eigenvalue weighted by Crippen LogP contribution is 2.36. The first-order valence-corrected chi connectivity index (χ1v) is 6.99. The fourth-order valence-electron chi connectivity index (χ4n) is 1.69. The summed E-state index contributed by atoms with van der Waals surface area (Å²) in [5, 5.41) is 8.41. The minimum Gasteiger partial charge on any atom is -0.484 e. The van der Waals surface area contributed by atoms with E-state index >= 15 is 0 Å². The zero-order valence-electron chi connectivity index (χ0n) is 11.3. The van der Waals surface area contributed by atoms with Crippen LogP contribution < -0.4 is 15.8 Å². The molecule has 7 heteroatoms. The van der Waals surface area contributed by atoms with Gasteiger partial charge in [0.25, 0.3) is 0 Å². The third-order valence-corrected chi connectivity index (χ3v) is 3.20. The van der Waals surface area contributed by atoms with Crippen molar-refractivity contribution < 1.29 is 4.74 Å². The van der Waals surface area contributed by atoms with Gasteiger partial charge in [0.1, 0.15) is 0 Å². The van der Waals surface area contributed by atoms with Gasteiger partial charge >= 0.3 is 0 Å². The number of nitrogens with two attached hydrogens (primary N) is 1. The fourth-order valence-corrected chi connectivity index (χ4v) is 2.46. The Bertz CT molecular complexity index is 508.